The predicted molar refractivity (Wildman–Crippen MR) is 99.6 cm³/mol. The molecular weight excluding hydrogens is 294 g/mol. The Kier molecular flexibility index (Phi) is 2.52. The van der Waals surface area contributed by atoms with Gasteiger partial charge in [-0.2, -0.15) is 0 Å². The summed E-state index contributed by atoms with van der Waals surface area (Å²) >= 11 is 0. The molecule has 0 radical (unpaired) electrons. The van der Waals surface area contributed by atoms with Gasteiger partial charge in [0.2, 0.25) is 0 Å². The predicted octanol–water partition coefficient (Wildman–Crippen LogP) is 6.19. The Hall–Kier alpha value is -2.74. The van der Waals surface area contributed by atoms with Gasteiger partial charge in [-0.3, -0.25) is 0 Å². The van der Waals surface area contributed by atoms with Crippen LogP contribution < -0.4 is 4.74 Å². The maximum atomic E-state index is 6.16. The molecule has 0 N–H and O–H groups in total. The van der Waals surface area contributed by atoms with E-state index in [1.165, 1.54) is 21.9 Å². The zero-order chi connectivity index (χ0) is 16.5. The molecule has 0 aliphatic carbocycles. The molecule has 5 rings (SSSR count). The van der Waals surface area contributed by atoms with Crippen molar-refractivity contribution in [3.8, 4) is 17.2 Å². The lowest BCUT2D eigenvalue weighted by atomic mass is 9.86. The number of benzene rings is 3. The second-order valence-electron chi connectivity index (χ2n) is 7.54. The van der Waals surface area contributed by atoms with Crippen molar-refractivity contribution in [3.05, 3.63) is 66.2 Å². The lowest BCUT2D eigenvalue weighted by Crippen LogP contribution is -2.10. The van der Waals surface area contributed by atoms with Crippen LogP contribution >= 0.6 is 0 Å². The summed E-state index contributed by atoms with van der Waals surface area (Å²) in [6.07, 6.45) is 0. The highest BCUT2D eigenvalue weighted by molar-refractivity contribution is 6.12. The molecule has 0 spiro atoms. The summed E-state index contributed by atoms with van der Waals surface area (Å²) in [4.78, 5) is 0. The first-order chi connectivity index (χ1) is 11.5. The highest BCUT2D eigenvalue weighted by atomic mass is 16.5. The van der Waals surface area contributed by atoms with Crippen molar-refractivity contribution < 1.29 is 4.74 Å². The Morgan fingerprint density at radius 3 is 2.42 bits per heavy atom. The van der Waals surface area contributed by atoms with Crippen molar-refractivity contribution in [2.45, 2.75) is 26.2 Å². The minimum absolute atomic E-state index is 0.134. The fourth-order valence-electron chi connectivity index (χ4n) is 3.68. The van der Waals surface area contributed by atoms with E-state index in [2.05, 4.69) is 73.9 Å². The Balaban J connectivity index is 1.98. The molecule has 0 atom stereocenters. The van der Waals surface area contributed by atoms with Crippen LogP contribution in [0.5, 0.6) is 11.5 Å². The van der Waals surface area contributed by atoms with Crippen LogP contribution in [0.25, 0.3) is 27.5 Å². The van der Waals surface area contributed by atoms with E-state index in [4.69, 9.17) is 4.74 Å². The van der Waals surface area contributed by atoms with Crippen LogP contribution in [-0.4, -0.2) is 4.57 Å². The van der Waals surface area contributed by atoms with Crippen molar-refractivity contribution in [2.24, 2.45) is 0 Å². The molecule has 2 heteroatoms. The van der Waals surface area contributed by atoms with Crippen LogP contribution in [0.3, 0.4) is 0 Å². The van der Waals surface area contributed by atoms with Crippen molar-refractivity contribution >= 4 is 21.8 Å². The van der Waals surface area contributed by atoms with Gasteiger partial charge in [0.25, 0.3) is 0 Å². The van der Waals surface area contributed by atoms with Gasteiger partial charge in [0, 0.05) is 10.8 Å². The van der Waals surface area contributed by atoms with Crippen LogP contribution in [0.1, 0.15) is 26.3 Å². The number of aromatic nitrogens is 1. The fourth-order valence-corrected chi connectivity index (χ4v) is 3.68. The fraction of sp³-hybridized carbons (Fsp3) is 0.182. The third-order valence-corrected chi connectivity index (χ3v) is 4.94. The smallest absolute Gasteiger partial charge is 0.152 e. The molecule has 2 nitrogen and oxygen atoms in total. The minimum atomic E-state index is 0.134. The Morgan fingerprint density at radius 1 is 0.792 bits per heavy atom. The van der Waals surface area contributed by atoms with Crippen molar-refractivity contribution in [2.75, 3.05) is 0 Å². The number of hydrogen-bond acceptors (Lipinski definition) is 1. The molecule has 0 saturated heterocycles. The van der Waals surface area contributed by atoms with Crippen LogP contribution in [0.15, 0.2) is 60.7 Å². The lowest BCUT2D eigenvalue weighted by molar-refractivity contribution is 0.476. The molecule has 0 fully saturated rings. The third kappa shape index (κ3) is 1.71. The molecule has 1 aliphatic heterocycles. The molecule has 1 aromatic heterocycles. The Morgan fingerprint density at radius 2 is 1.58 bits per heavy atom. The Bertz CT molecular complexity index is 1110. The highest BCUT2D eigenvalue weighted by Gasteiger charge is 2.24. The number of hydrogen-bond donors (Lipinski definition) is 0. The maximum absolute atomic E-state index is 6.16. The highest BCUT2D eigenvalue weighted by Crippen LogP contribution is 2.45. The molecule has 3 aromatic carbocycles. The van der Waals surface area contributed by atoms with E-state index in [1.807, 2.05) is 12.1 Å². The van der Waals surface area contributed by atoms with Crippen LogP contribution in [0.2, 0.25) is 0 Å². The first-order valence-corrected chi connectivity index (χ1v) is 8.39. The largest absolute Gasteiger partial charge is 0.453 e. The van der Waals surface area contributed by atoms with Gasteiger partial charge in [-0.1, -0.05) is 51.1 Å². The number of rotatable bonds is 0. The summed E-state index contributed by atoms with van der Waals surface area (Å²) in [5, 5.41) is 2.54. The van der Waals surface area contributed by atoms with Gasteiger partial charge in [-0.15, -0.1) is 0 Å². The number of nitrogens with zero attached hydrogens (tertiary/aromatic N) is 1. The van der Waals surface area contributed by atoms with E-state index in [9.17, 15) is 0 Å². The van der Waals surface area contributed by atoms with Crippen LogP contribution in [-0.2, 0) is 5.41 Å². The van der Waals surface area contributed by atoms with Gasteiger partial charge >= 0.3 is 0 Å². The molecular formula is C22H19NO. The molecule has 2 heterocycles. The van der Waals surface area contributed by atoms with E-state index in [-0.39, 0.29) is 5.41 Å². The standard InChI is InChI=1S/C22H19NO/c1-22(2,3)14-11-12-17-16(13-14)15-7-6-10-20-21(15)23(17)18-8-4-5-9-19(18)24-20/h4-13H,1-3H3. The Labute approximate surface area is 141 Å². The molecule has 118 valence electrons. The van der Waals surface area contributed by atoms with Gasteiger partial charge in [-0.05, 0) is 41.3 Å². The zero-order valence-electron chi connectivity index (χ0n) is 14.1. The van der Waals surface area contributed by atoms with Crippen molar-refractivity contribution in [1.82, 2.24) is 4.57 Å². The van der Waals surface area contributed by atoms with Gasteiger partial charge in [0.15, 0.2) is 11.5 Å². The second-order valence-corrected chi connectivity index (χ2v) is 7.54. The SMILES string of the molecule is CC(C)(C)c1ccc2c(c1)c1cccc3c1n2-c1ccccc1O3. The molecule has 0 unspecified atom stereocenters. The van der Waals surface area contributed by atoms with Crippen LogP contribution in [0.4, 0.5) is 0 Å². The van der Waals surface area contributed by atoms with Crippen molar-refractivity contribution in [1.29, 1.82) is 0 Å². The first-order valence-electron chi connectivity index (χ1n) is 8.39. The average molecular weight is 313 g/mol. The van der Waals surface area contributed by atoms with Crippen molar-refractivity contribution in [3.63, 3.8) is 0 Å². The first kappa shape index (κ1) is 13.7. The topological polar surface area (TPSA) is 14.2 Å². The summed E-state index contributed by atoms with van der Waals surface area (Å²) in [6.45, 7) is 6.78. The molecule has 24 heavy (non-hydrogen) atoms. The minimum Gasteiger partial charge on any atom is -0.453 e. The summed E-state index contributed by atoms with van der Waals surface area (Å²) in [5.41, 5.74) is 5.00. The average Bonchev–Trinajstić information content (AvgIpc) is 2.90. The van der Waals surface area contributed by atoms with Crippen LogP contribution in [0, 0.1) is 0 Å². The van der Waals surface area contributed by atoms with Gasteiger partial charge < -0.3 is 9.30 Å². The van der Waals surface area contributed by atoms with Gasteiger partial charge in [0.1, 0.15) is 0 Å². The second kappa shape index (κ2) is 4.41. The molecule has 4 aromatic rings. The summed E-state index contributed by atoms with van der Waals surface area (Å²) in [6, 6.07) is 21.4. The van der Waals surface area contributed by atoms with E-state index in [0.29, 0.717) is 0 Å². The lowest BCUT2D eigenvalue weighted by Gasteiger charge is -2.21. The zero-order valence-corrected chi connectivity index (χ0v) is 14.1. The molecule has 0 saturated carbocycles. The van der Waals surface area contributed by atoms with E-state index in [1.54, 1.807) is 0 Å². The number of ether oxygens (including phenoxy) is 1. The summed E-state index contributed by atoms with van der Waals surface area (Å²) in [7, 11) is 0. The summed E-state index contributed by atoms with van der Waals surface area (Å²) < 4.78 is 8.49. The monoisotopic (exact) mass is 313 g/mol. The normalized spacial score (nSPS) is 13.1. The quantitative estimate of drug-likeness (QED) is 0.332. The third-order valence-electron chi connectivity index (χ3n) is 4.94. The van der Waals surface area contributed by atoms with Gasteiger partial charge in [0.05, 0.1) is 16.7 Å². The molecule has 1 aliphatic rings. The van der Waals surface area contributed by atoms with E-state index >= 15 is 0 Å². The van der Waals surface area contributed by atoms with E-state index < -0.39 is 0 Å². The molecule has 0 amide bonds. The van der Waals surface area contributed by atoms with E-state index in [0.717, 1.165) is 22.7 Å². The molecule has 0 bridgehead atoms. The number of fused-ring (bicyclic) bond motifs is 5. The number of para-hydroxylation sites is 3. The maximum Gasteiger partial charge on any atom is 0.152 e. The van der Waals surface area contributed by atoms with Gasteiger partial charge in [-0.25, -0.2) is 0 Å². The summed E-state index contributed by atoms with van der Waals surface area (Å²) in [5.74, 6) is 1.84.